The molecule has 9 heteroatoms. The highest BCUT2D eigenvalue weighted by Gasteiger charge is 2.48. The number of phenolic OH excluding ortho intramolecular Hbond substituents is 2. The van der Waals surface area contributed by atoms with Crippen LogP contribution < -0.4 is 4.74 Å². The molecular weight excluding hydrogens is 504 g/mol. The molecule has 1 saturated heterocycles. The number of hydrogen-bond donors (Lipinski definition) is 2. The van der Waals surface area contributed by atoms with E-state index in [1.807, 2.05) is 6.92 Å². The lowest BCUT2D eigenvalue weighted by atomic mass is 9.63. The number of benzene rings is 2. The summed E-state index contributed by atoms with van der Waals surface area (Å²) in [7, 11) is 1.39. The SMILES string of the molecule is COc1cccc2c1C(=O)c1c(O)c3c(c(O)c1C2=O)C[C@@](C)(C(=O)COC=O)C[C@@H]3C[C@H]1CCC[C@H](C)O1. The molecule has 0 aromatic heterocycles. The van der Waals surface area contributed by atoms with Gasteiger partial charge in [-0.15, -0.1) is 0 Å². The normalized spacial score (nSPS) is 25.8. The average molecular weight is 537 g/mol. The van der Waals surface area contributed by atoms with Gasteiger partial charge in [0.1, 0.15) is 23.9 Å². The summed E-state index contributed by atoms with van der Waals surface area (Å²) in [6.07, 6.45) is 3.36. The van der Waals surface area contributed by atoms with Crippen molar-refractivity contribution in [3.05, 3.63) is 51.6 Å². The zero-order valence-electron chi connectivity index (χ0n) is 22.2. The Hall–Kier alpha value is -3.72. The van der Waals surface area contributed by atoms with E-state index in [0.717, 1.165) is 19.3 Å². The van der Waals surface area contributed by atoms with Gasteiger partial charge in [0, 0.05) is 22.1 Å². The first-order valence-electron chi connectivity index (χ1n) is 13.2. The Kier molecular flexibility index (Phi) is 6.97. The third kappa shape index (κ3) is 4.38. The van der Waals surface area contributed by atoms with Gasteiger partial charge in [0.2, 0.25) is 5.78 Å². The van der Waals surface area contributed by atoms with Crippen molar-refractivity contribution in [3.8, 4) is 17.2 Å². The highest BCUT2D eigenvalue weighted by Crippen LogP contribution is 2.55. The van der Waals surface area contributed by atoms with E-state index < -0.39 is 35.3 Å². The van der Waals surface area contributed by atoms with Crippen molar-refractivity contribution in [1.82, 2.24) is 0 Å². The molecule has 2 aromatic carbocycles. The van der Waals surface area contributed by atoms with E-state index in [1.54, 1.807) is 19.1 Å². The van der Waals surface area contributed by atoms with Crippen LogP contribution in [0.1, 0.15) is 94.8 Å². The lowest BCUT2D eigenvalue weighted by Crippen LogP contribution is -2.40. The van der Waals surface area contributed by atoms with E-state index in [0.29, 0.717) is 12.0 Å². The van der Waals surface area contributed by atoms with Crippen LogP contribution in [0.4, 0.5) is 0 Å². The predicted octanol–water partition coefficient (Wildman–Crippen LogP) is 4.01. The van der Waals surface area contributed by atoms with E-state index in [1.165, 1.54) is 13.2 Å². The molecule has 4 atom stereocenters. The average Bonchev–Trinajstić information content (AvgIpc) is 2.91. The smallest absolute Gasteiger partial charge is 0.293 e. The lowest BCUT2D eigenvalue weighted by Gasteiger charge is -2.41. The van der Waals surface area contributed by atoms with Crippen molar-refractivity contribution in [2.45, 2.75) is 70.5 Å². The van der Waals surface area contributed by atoms with Crippen LogP contribution in [0.2, 0.25) is 0 Å². The molecule has 39 heavy (non-hydrogen) atoms. The van der Waals surface area contributed by atoms with Gasteiger partial charge in [-0.2, -0.15) is 0 Å². The summed E-state index contributed by atoms with van der Waals surface area (Å²) in [5, 5.41) is 23.2. The molecule has 0 spiro atoms. The Balaban J connectivity index is 1.68. The van der Waals surface area contributed by atoms with Gasteiger partial charge in [0.05, 0.1) is 36.0 Å². The van der Waals surface area contributed by atoms with Crippen LogP contribution in [0.25, 0.3) is 0 Å². The number of Topliss-reactive ketones (excluding diaryl/α,β-unsaturated/α-hetero) is 1. The van der Waals surface area contributed by atoms with Crippen LogP contribution >= 0.6 is 0 Å². The quantitative estimate of drug-likeness (QED) is 0.339. The van der Waals surface area contributed by atoms with Crippen molar-refractivity contribution >= 4 is 23.8 Å². The van der Waals surface area contributed by atoms with E-state index in [-0.39, 0.29) is 76.6 Å². The number of phenols is 2. The maximum Gasteiger partial charge on any atom is 0.293 e. The summed E-state index contributed by atoms with van der Waals surface area (Å²) in [6.45, 7) is 3.51. The number of aromatic hydroxyl groups is 2. The summed E-state index contributed by atoms with van der Waals surface area (Å²) < 4.78 is 16.3. The van der Waals surface area contributed by atoms with Crippen LogP contribution in [0.3, 0.4) is 0 Å². The molecule has 5 rings (SSSR count). The Morgan fingerprint density at radius 3 is 2.56 bits per heavy atom. The molecule has 1 aliphatic heterocycles. The summed E-state index contributed by atoms with van der Waals surface area (Å²) >= 11 is 0. The Labute approximate surface area is 226 Å². The minimum atomic E-state index is -1.05. The lowest BCUT2D eigenvalue weighted by molar-refractivity contribution is -0.141. The third-order valence-corrected chi connectivity index (χ3v) is 8.50. The van der Waals surface area contributed by atoms with Gasteiger partial charge in [0.15, 0.2) is 11.6 Å². The fourth-order valence-corrected chi connectivity index (χ4v) is 6.63. The molecule has 0 saturated carbocycles. The first kappa shape index (κ1) is 26.9. The molecule has 2 aliphatic carbocycles. The molecule has 0 radical (unpaired) electrons. The van der Waals surface area contributed by atoms with E-state index in [9.17, 15) is 29.4 Å². The molecule has 0 unspecified atom stereocenters. The molecule has 206 valence electrons. The molecule has 2 aromatic rings. The summed E-state index contributed by atoms with van der Waals surface area (Å²) in [5.74, 6) is -2.61. The van der Waals surface area contributed by atoms with Crippen molar-refractivity contribution in [2.75, 3.05) is 13.7 Å². The number of carbonyl (C=O) groups is 4. The van der Waals surface area contributed by atoms with Crippen molar-refractivity contribution in [3.63, 3.8) is 0 Å². The van der Waals surface area contributed by atoms with E-state index in [2.05, 4.69) is 0 Å². The maximum absolute atomic E-state index is 13.8. The van der Waals surface area contributed by atoms with Crippen LogP contribution in [0.5, 0.6) is 17.2 Å². The number of ether oxygens (including phenoxy) is 3. The van der Waals surface area contributed by atoms with Crippen molar-refractivity contribution in [1.29, 1.82) is 0 Å². The van der Waals surface area contributed by atoms with E-state index >= 15 is 0 Å². The minimum Gasteiger partial charge on any atom is -0.507 e. The van der Waals surface area contributed by atoms with Crippen LogP contribution in [0.15, 0.2) is 18.2 Å². The van der Waals surface area contributed by atoms with Crippen molar-refractivity contribution < 1.29 is 43.6 Å². The standard InChI is InChI=1S/C30H32O9/c1-15-6-4-7-17(39-15)10-16-11-30(2,21(32)13-38-14-31)12-19-22(16)28(35)25-24(27(19)34)26(33)18-8-5-9-20(37-3)23(18)29(25)36/h5,8-9,14-17,34-35H,4,6-7,10-13H2,1-3H3/t15-,16-,17+,30-/m0/s1. The Morgan fingerprint density at radius 1 is 1.13 bits per heavy atom. The highest BCUT2D eigenvalue weighted by atomic mass is 16.5. The Bertz CT molecular complexity index is 1380. The number of carbonyl (C=O) groups excluding carboxylic acids is 4. The maximum atomic E-state index is 13.8. The zero-order valence-corrected chi connectivity index (χ0v) is 22.2. The molecule has 0 bridgehead atoms. The largest absolute Gasteiger partial charge is 0.507 e. The number of rotatable bonds is 7. The van der Waals surface area contributed by atoms with Crippen LogP contribution in [-0.4, -0.2) is 60.0 Å². The number of methoxy groups -OCH3 is 1. The van der Waals surface area contributed by atoms with E-state index in [4.69, 9.17) is 14.2 Å². The first-order valence-corrected chi connectivity index (χ1v) is 13.2. The van der Waals surface area contributed by atoms with Gasteiger partial charge in [0.25, 0.3) is 6.47 Å². The second-order valence-corrected chi connectivity index (χ2v) is 11.1. The third-order valence-electron chi connectivity index (χ3n) is 8.50. The minimum absolute atomic E-state index is 0.000915. The van der Waals surface area contributed by atoms with Gasteiger partial charge in [-0.1, -0.05) is 19.1 Å². The molecule has 3 aliphatic rings. The van der Waals surface area contributed by atoms with Gasteiger partial charge in [-0.3, -0.25) is 19.2 Å². The van der Waals surface area contributed by atoms with Gasteiger partial charge < -0.3 is 24.4 Å². The second kappa shape index (κ2) is 10.1. The number of ketones is 3. The number of fused-ring (bicyclic) bond motifs is 3. The molecule has 1 fully saturated rings. The van der Waals surface area contributed by atoms with Gasteiger partial charge in [-0.25, -0.2) is 0 Å². The monoisotopic (exact) mass is 536 g/mol. The molecule has 9 nitrogen and oxygen atoms in total. The second-order valence-electron chi connectivity index (χ2n) is 11.1. The predicted molar refractivity (Wildman–Crippen MR) is 139 cm³/mol. The summed E-state index contributed by atoms with van der Waals surface area (Å²) in [6, 6.07) is 4.62. The number of hydrogen-bond acceptors (Lipinski definition) is 9. The van der Waals surface area contributed by atoms with Gasteiger partial charge in [-0.05, 0) is 57.4 Å². The Morgan fingerprint density at radius 2 is 1.87 bits per heavy atom. The molecule has 2 N–H and O–H groups in total. The highest BCUT2D eigenvalue weighted by molar-refractivity contribution is 6.31. The topological polar surface area (TPSA) is 136 Å². The molecule has 0 amide bonds. The summed E-state index contributed by atoms with van der Waals surface area (Å²) in [4.78, 5) is 51.4. The van der Waals surface area contributed by atoms with Crippen LogP contribution in [0, 0.1) is 5.41 Å². The molecule has 1 heterocycles. The fourth-order valence-electron chi connectivity index (χ4n) is 6.63. The summed E-state index contributed by atoms with van der Waals surface area (Å²) in [5.41, 5.74) is -0.877. The van der Waals surface area contributed by atoms with Crippen molar-refractivity contribution in [2.24, 2.45) is 5.41 Å². The molecular formula is C30H32O9. The zero-order chi connectivity index (χ0) is 28.1. The van der Waals surface area contributed by atoms with Crippen LogP contribution in [-0.2, 0) is 25.5 Å². The first-order chi connectivity index (χ1) is 18.6. The van der Waals surface area contributed by atoms with Gasteiger partial charge >= 0.3 is 0 Å². The fraction of sp³-hybridized carbons (Fsp3) is 0.467.